The molecule has 0 saturated carbocycles. The van der Waals surface area contributed by atoms with Crippen LogP contribution in [0.4, 0.5) is 0 Å². The predicted molar refractivity (Wildman–Crippen MR) is 107 cm³/mol. The van der Waals surface area contributed by atoms with Crippen molar-refractivity contribution >= 4 is 23.1 Å². The number of allylic oxidation sites excluding steroid dienone is 4. The van der Waals surface area contributed by atoms with E-state index in [1.54, 1.807) is 76.2 Å². The van der Waals surface area contributed by atoms with Crippen LogP contribution in [0.25, 0.3) is 0 Å². The average Bonchev–Trinajstić information content (AvgIpc) is 2.74. The molecule has 140 valence electrons. The summed E-state index contributed by atoms with van der Waals surface area (Å²) in [5.74, 6) is -0.120. The highest BCUT2D eigenvalue weighted by molar-refractivity contribution is 6.28. The fraction of sp³-hybridized carbons (Fsp3) is 0.167. The molecule has 0 N–H and O–H groups in total. The summed E-state index contributed by atoms with van der Waals surface area (Å²) in [5, 5.41) is 0. The molecule has 4 nitrogen and oxygen atoms in total. The molecule has 2 aromatic carbocycles. The molecule has 0 aromatic heterocycles. The van der Waals surface area contributed by atoms with Crippen LogP contribution in [0.5, 0.6) is 0 Å². The molecule has 4 rings (SSSR count). The summed E-state index contributed by atoms with van der Waals surface area (Å²) in [4.78, 5) is 47.0. The third-order valence-corrected chi connectivity index (χ3v) is 5.32. The van der Waals surface area contributed by atoms with Gasteiger partial charge in [-0.05, 0) is 27.7 Å². The van der Waals surface area contributed by atoms with Crippen molar-refractivity contribution in [1.82, 2.24) is 0 Å². The smallest absolute Gasteiger partial charge is 0.194 e. The third kappa shape index (κ3) is 3.07. The lowest BCUT2D eigenvalue weighted by Crippen LogP contribution is -2.20. The Hall–Kier alpha value is -3.40. The minimum Gasteiger partial charge on any atom is -0.289 e. The van der Waals surface area contributed by atoms with Crippen molar-refractivity contribution in [2.75, 3.05) is 0 Å². The van der Waals surface area contributed by atoms with Crippen molar-refractivity contribution in [2.24, 2.45) is 0 Å². The largest absolute Gasteiger partial charge is 0.289 e. The summed E-state index contributed by atoms with van der Waals surface area (Å²) in [6, 6.07) is 13.9. The first-order valence-corrected chi connectivity index (χ1v) is 8.97. The highest BCUT2D eigenvalue weighted by atomic mass is 16.1. The molecule has 2 aromatic rings. The van der Waals surface area contributed by atoms with Crippen molar-refractivity contribution < 1.29 is 19.2 Å². The van der Waals surface area contributed by atoms with E-state index in [1.165, 1.54) is 0 Å². The molecule has 0 saturated heterocycles. The number of Topliss-reactive ketones (excluding diaryl/α,β-unsaturated/α-hetero) is 2. The Morgan fingerprint density at radius 2 is 0.607 bits per heavy atom. The van der Waals surface area contributed by atoms with Crippen LogP contribution in [0.1, 0.15) is 59.5 Å². The monoisotopic (exact) mass is 372 g/mol. The predicted octanol–water partition coefficient (Wildman–Crippen LogP) is 4.27. The molecule has 2 aliphatic rings. The molecule has 0 fully saturated rings. The molecule has 0 spiro atoms. The standard InChI is InChI=1S/C14H8O2.C10H12O2/c15-13-9-5-1-2-6-10(9)14(16)12-8-4-3-7-11(12)13;1-5-6(2)10(12)8(4)7(3)9(5)11/h1-8H;1-4H3. The van der Waals surface area contributed by atoms with E-state index in [1.807, 2.05) is 0 Å². The Balaban J connectivity index is 0.000000169. The van der Waals surface area contributed by atoms with Crippen LogP contribution in [-0.4, -0.2) is 23.1 Å². The van der Waals surface area contributed by atoms with Crippen LogP contribution in [-0.2, 0) is 9.59 Å². The minimum atomic E-state index is -0.0641. The van der Waals surface area contributed by atoms with Gasteiger partial charge in [-0.2, -0.15) is 0 Å². The topological polar surface area (TPSA) is 68.3 Å². The molecule has 0 atom stereocenters. The lowest BCUT2D eigenvalue weighted by atomic mass is 9.84. The van der Waals surface area contributed by atoms with Gasteiger partial charge in [0.05, 0.1) is 0 Å². The Morgan fingerprint density at radius 3 is 0.821 bits per heavy atom. The maximum atomic E-state index is 12.1. The molecular formula is C24H20O4. The Labute approximate surface area is 163 Å². The van der Waals surface area contributed by atoms with Crippen molar-refractivity contribution in [3.63, 3.8) is 0 Å². The summed E-state index contributed by atoms with van der Waals surface area (Å²) >= 11 is 0. The van der Waals surface area contributed by atoms with E-state index >= 15 is 0 Å². The lowest BCUT2D eigenvalue weighted by Gasteiger charge is -2.16. The second-order valence-electron chi connectivity index (χ2n) is 6.91. The third-order valence-electron chi connectivity index (χ3n) is 5.32. The molecule has 2 aliphatic carbocycles. The Bertz CT molecular complexity index is 945. The summed E-state index contributed by atoms with van der Waals surface area (Å²) in [6.07, 6.45) is 0. The van der Waals surface area contributed by atoms with Crippen LogP contribution in [0.2, 0.25) is 0 Å². The molecule has 0 aliphatic heterocycles. The van der Waals surface area contributed by atoms with Crippen LogP contribution < -0.4 is 0 Å². The van der Waals surface area contributed by atoms with E-state index in [4.69, 9.17) is 0 Å². The highest BCUT2D eigenvalue weighted by Gasteiger charge is 2.28. The highest BCUT2D eigenvalue weighted by Crippen LogP contribution is 2.26. The van der Waals surface area contributed by atoms with Gasteiger partial charge in [-0.3, -0.25) is 19.2 Å². The zero-order chi connectivity index (χ0) is 20.6. The molecule has 28 heavy (non-hydrogen) atoms. The molecule has 0 heterocycles. The maximum absolute atomic E-state index is 12.1. The number of ketones is 4. The van der Waals surface area contributed by atoms with Gasteiger partial charge in [0.1, 0.15) is 0 Å². The molecule has 0 unspecified atom stereocenters. The van der Waals surface area contributed by atoms with Gasteiger partial charge in [-0.15, -0.1) is 0 Å². The number of benzene rings is 2. The van der Waals surface area contributed by atoms with Gasteiger partial charge < -0.3 is 0 Å². The van der Waals surface area contributed by atoms with E-state index in [2.05, 4.69) is 0 Å². The zero-order valence-electron chi connectivity index (χ0n) is 16.3. The first kappa shape index (κ1) is 19.4. The van der Waals surface area contributed by atoms with Crippen molar-refractivity contribution in [2.45, 2.75) is 27.7 Å². The van der Waals surface area contributed by atoms with Gasteiger partial charge in [-0.25, -0.2) is 0 Å². The van der Waals surface area contributed by atoms with Gasteiger partial charge in [0.2, 0.25) is 0 Å². The molecule has 0 amide bonds. The SMILES string of the molecule is CC1=C(C)C(=O)C(C)=C(C)C1=O.O=C1c2ccccc2C(=O)c2ccccc21. The quantitative estimate of drug-likeness (QED) is 0.553. The van der Waals surface area contributed by atoms with Crippen molar-refractivity contribution in [3.8, 4) is 0 Å². The number of rotatable bonds is 0. The minimum absolute atomic E-state index is 0.00426. The number of fused-ring (bicyclic) bond motifs is 2. The zero-order valence-corrected chi connectivity index (χ0v) is 16.3. The first-order valence-electron chi connectivity index (χ1n) is 8.97. The van der Waals surface area contributed by atoms with Gasteiger partial charge in [0.25, 0.3) is 0 Å². The second kappa shape index (κ2) is 7.31. The van der Waals surface area contributed by atoms with Crippen LogP contribution in [0.15, 0.2) is 70.8 Å². The van der Waals surface area contributed by atoms with Crippen molar-refractivity contribution in [3.05, 3.63) is 93.1 Å². The van der Waals surface area contributed by atoms with Gasteiger partial charge in [-0.1, -0.05) is 48.5 Å². The number of hydrogen-bond donors (Lipinski definition) is 0. The molecule has 4 heteroatoms. The van der Waals surface area contributed by atoms with E-state index in [9.17, 15) is 19.2 Å². The normalized spacial score (nSPS) is 15.9. The summed E-state index contributed by atoms with van der Waals surface area (Å²) in [6.45, 7) is 6.80. The second-order valence-corrected chi connectivity index (χ2v) is 6.91. The molecular weight excluding hydrogens is 352 g/mol. The van der Waals surface area contributed by atoms with E-state index in [-0.39, 0.29) is 23.1 Å². The summed E-state index contributed by atoms with van der Waals surface area (Å²) in [5.41, 5.74) is 4.37. The fourth-order valence-corrected chi connectivity index (χ4v) is 3.29. The number of carbonyl (C=O) groups excluding carboxylic acids is 4. The maximum Gasteiger partial charge on any atom is 0.194 e. The van der Waals surface area contributed by atoms with Gasteiger partial charge >= 0.3 is 0 Å². The van der Waals surface area contributed by atoms with E-state index in [0.717, 1.165) is 0 Å². The Morgan fingerprint density at radius 1 is 0.393 bits per heavy atom. The average molecular weight is 372 g/mol. The van der Waals surface area contributed by atoms with E-state index in [0.29, 0.717) is 44.5 Å². The summed E-state index contributed by atoms with van der Waals surface area (Å²) < 4.78 is 0. The summed E-state index contributed by atoms with van der Waals surface area (Å²) in [7, 11) is 0. The number of carbonyl (C=O) groups is 4. The fourth-order valence-electron chi connectivity index (χ4n) is 3.29. The molecule has 0 radical (unpaired) electrons. The van der Waals surface area contributed by atoms with Crippen LogP contribution in [0.3, 0.4) is 0 Å². The van der Waals surface area contributed by atoms with Crippen LogP contribution in [0, 0.1) is 0 Å². The van der Waals surface area contributed by atoms with Gasteiger partial charge in [0, 0.05) is 44.5 Å². The molecule has 0 bridgehead atoms. The number of hydrogen-bond acceptors (Lipinski definition) is 4. The van der Waals surface area contributed by atoms with Crippen molar-refractivity contribution in [1.29, 1.82) is 0 Å². The first-order chi connectivity index (χ1) is 13.3. The lowest BCUT2D eigenvalue weighted by molar-refractivity contribution is -0.116. The van der Waals surface area contributed by atoms with Gasteiger partial charge in [0.15, 0.2) is 23.1 Å². The Kier molecular flexibility index (Phi) is 5.06. The van der Waals surface area contributed by atoms with E-state index < -0.39 is 0 Å². The van der Waals surface area contributed by atoms with Crippen LogP contribution >= 0.6 is 0 Å².